The van der Waals surface area contributed by atoms with Crippen molar-refractivity contribution in [2.45, 2.75) is 119 Å². The Morgan fingerprint density at radius 1 is 0.323 bits per heavy atom. The third-order valence-corrected chi connectivity index (χ3v) is 14.9. The van der Waals surface area contributed by atoms with E-state index in [-0.39, 0.29) is 13.4 Å². The number of benzene rings is 8. The maximum absolute atomic E-state index is 2.57. The summed E-state index contributed by atoms with van der Waals surface area (Å²) in [5.74, 6) is 2.45. The molecule has 2 aliphatic heterocycles. The Morgan fingerprint density at radius 3 is 0.968 bits per heavy atom. The van der Waals surface area contributed by atoms with Gasteiger partial charge in [0.25, 0.3) is 0 Å². The lowest BCUT2D eigenvalue weighted by Crippen LogP contribution is -2.59. The molecule has 0 fully saturated rings. The molecule has 0 nitrogen and oxygen atoms in total. The van der Waals surface area contributed by atoms with Crippen molar-refractivity contribution >= 4 is 78.5 Å². The summed E-state index contributed by atoms with van der Waals surface area (Å²) in [5, 5.41) is 8.21. The highest BCUT2D eigenvalue weighted by Gasteiger charge is 2.42. The second kappa shape index (κ2) is 15.2. The summed E-state index contributed by atoms with van der Waals surface area (Å²) in [6.45, 7) is 28.9. The molecule has 8 aromatic rings. The van der Waals surface area contributed by atoms with E-state index in [1.54, 1.807) is 0 Å². The molecule has 2 heterocycles. The number of hydrogen-bond donors (Lipinski definition) is 0. The molecular formula is C60H62B2. The summed E-state index contributed by atoms with van der Waals surface area (Å²) in [5.41, 5.74) is 23.3. The van der Waals surface area contributed by atoms with Crippen LogP contribution < -0.4 is 32.8 Å². The molecule has 0 amide bonds. The molecule has 2 heteroatoms. The number of hydrogen-bond acceptors (Lipinski definition) is 0. The fraction of sp³-hybridized carbons (Fsp3) is 0.300. The van der Waals surface area contributed by atoms with E-state index in [1.807, 2.05) is 0 Å². The zero-order valence-electron chi connectivity index (χ0n) is 39.2. The van der Waals surface area contributed by atoms with Crippen LogP contribution in [-0.4, -0.2) is 13.4 Å². The molecular weight excluding hydrogens is 742 g/mol. The third-order valence-electron chi connectivity index (χ3n) is 14.9. The van der Waals surface area contributed by atoms with Gasteiger partial charge in [0.1, 0.15) is 0 Å². The van der Waals surface area contributed by atoms with Crippen molar-refractivity contribution in [1.29, 1.82) is 0 Å². The normalized spacial score (nSPS) is 13.3. The summed E-state index contributed by atoms with van der Waals surface area (Å²) in [6.07, 6.45) is 0. The van der Waals surface area contributed by atoms with Crippen molar-refractivity contribution in [3.05, 3.63) is 155 Å². The maximum Gasteiger partial charge on any atom is 0.243 e. The Morgan fingerprint density at radius 2 is 0.645 bits per heavy atom. The van der Waals surface area contributed by atoms with Gasteiger partial charge in [0.15, 0.2) is 0 Å². The molecule has 0 aromatic heterocycles. The minimum Gasteiger partial charge on any atom is -0.0657 e. The highest BCUT2D eigenvalue weighted by Crippen LogP contribution is 2.43. The van der Waals surface area contributed by atoms with E-state index < -0.39 is 0 Å². The first-order valence-corrected chi connectivity index (χ1v) is 23.7. The van der Waals surface area contributed by atoms with Crippen LogP contribution in [0.15, 0.2) is 121 Å². The lowest BCUT2D eigenvalue weighted by molar-refractivity contribution is 0.812. The van der Waals surface area contributed by atoms with E-state index >= 15 is 0 Å². The van der Waals surface area contributed by atoms with Gasteiger partial charge in [0, 0.05) is 0 Å². The molecule has 308 valence electrons. The van der Waals surface area contributed by atoms with Crippen molar-refractivity contribution in [3.63, 3.8) is 0 Å². The zero-order chi connectivity index (χ0) is 43.5. The average molecular weight is 805 g/mol. The molecule has 0 spiro atoms. The Labute approximate surface area is 372 Å². The van der Waals surface area contributed by atoms with Crippen molar-refractivity contribution in [1.82, 2.24) is 0 Å². The second-order valence-corrected chi connectivity index (χ2v) is 20.7. The van der Waals surface area contributed by atoms with Crippen LogP contribution in [0.1, 0.15) is 152 Å². The highest BCUT2D eigenvalue weighted by molar-refractivity contribution is 7.01. The Hall–Kier alpha value is -5.33. The monoisotopic (exact) mass is 805 g/mol. The van der Waals surface area contributed by atoms with Crippen LogP contribution in [-0.2, 0) is 0 Å². The number of rotatable bonds is 8. The Kier molecular flexibility index (Phi) is 9.98. The van der Waals surface area contributed by atoms with E-state index in [0.29, 0.717) is 35.5 Å². The molecule has 0 saturated heterocycles. The first-order valence-electron chi connectivity index (χ1n) is 23.7. The van der Waals surface area contributed by atoms with Gasteiger partial charge in [-0.1, -0.05) is 237 Å². The lowest BCUT2D eigenvalue weighted by Gasteiger charge is -2.37. The predicted molar refractivity (Wildman–Crippen MR) is 277 cm³/mol. The second-order valence-electron chi connectivity index (χ2n) is 20.7. The Balaban J connectivity index is 1.41. The van der Waals surface area contributed by atoms with E-state index in [9.17, 15) is 0 Å². The number of fused-ring (bicyclic) bond motifs is 8. The summed E-state index contributed by atoms with van der Waals surface area (Å²) < 4.78 is 0. The van der Waals surface area contributed by atoms with Gasteiger partial charge in [-0.3, -0.25) is 0 Å². The van der Waals surface area contributed by atoms with Crippen molar-refractivity contribution in [2.24, 2.45) is 0 Å². The van der Waals surface area contributed by atoms with Gasteiger partial charge >= 0.3 is 0 Å². The molecule has 0 atom stereocenters. The van der Waals surface area contributed by atoms with Gasteiger partial charge in [-0.05, 0) is 123 Å². The van der Waals surface area contributed by atoms with Crippen LogP contribution in [0.3, 0.4) is 0 Å². The van der Waals surface area contributed by atoms with Crippen LogP contribution in [0.25, 0.3) is 54.6 Å². The fourth-order valence-corrected chi connectivity index (χ4v) is 11.8. The molecule has 0 aliphatic carbocycles. The molecule has 0 N–H and O–H groups in total. The van der Waals surface area contributed by atoms with Crippen LogP contribution in [0.5, 0.6) is 0 Å². The van der Waals surface area contributed by atoms with Crippen LogP contribution in [0.2, 0.25) is 0 Å². The van der Waals surface area contributed by atoms with Crippen LogP contribution in [0.4, 0.5) is 0 Å². The lowest BCUT2D eigenvalue weighted by atomic mass is 9.29. The minimum atomic E-state index is 0.0950. The van der Waals surface area contributed by atoms with E-state index in [0.717, 1.165) is 0 Å². The summed E-state index contributed by atoms with van der Waals surface area (Å²) in [4.78, 5) is 0. The van der Waals surface area contributed by atoms with E-state index in [1.165, 1.54) is 121 Å². The topological polar surface area (TPSA) is 0 Å². The van der Waals surface area contributed by atoms with Gasteiger partial charge in [0.2, 0.25) is 13.4 Å². The fourth-order valence-electron chi connectivity index (χ4n) is 11.8. The highest BCUT2D eigenvalue weighted by atomic mass is 14.3. The molecule has 0 radical (unpaired) electrons. The van der Waals surface area contributed by atoms with Gasteiger partial charge in [-0.2, -0.15) is 0 Å². The van der Waals surface area contributed by atoms with Crippen LogP contribution >= 0.6 is 0 Å². The molecule has 0 saturated carbocycles. The first kappa shape index (κ1) is 40.7. The molecule has 0 bridgehead atoms. The standard InChI is InChI=1S/C60H62B2/c1-33(2)41-29-47(35(5)6)59(48(30-41)36(7)8)61-51-25-21-39-17-13-15-19-43(39)55(51)45-24-28-54-58-46(23-27-53(61)57(45)58)56-44-20-16-14-18-40(44)22-26-52(56)62(54)60-49(37(9)10)31-42(34(3)4)32-50(60)38(11)12/h13-38H,1-12H3. The van der Waals surface area contributed by atoms with Crippen molar-refractivity contribution in [2.75, 3.05) is 0 Å². The van der Waals surface area contributed by atoms with Crippen molar-refractivity contribution < 1.29 is 0 Å². The molecule has 8 aromatic carbocycles. The smallest absolute Gasteiger partial charge is 0.0657 e. The summed E-state index contributed by atoms with van der Waals surface area (Å²) in [7, 11) is 0. The van der Waals surface area contributed by atoms with Gasteiger partial charge < -0.3 is 0 Å². The minimum absolute atomic E-state index is 0.0950. The van der Waals surface area contributed by atoms with E-state index in [4.69, 9.17) is 0 Å². The molecule has 0 unspecified atom stereocenters. The maximum atomic E-state index is 2.57. The van der Waals surface area contributed by atoms with E-state index in [2.05, 4.69) is 204 Å². The van der Waals surface area contributed by atoms with Gasteiger partial charge in [-0.25, -0.2) is 0 Å². The van der Waals surface area contributed by atoms with Crippen molar-refractivity contribution in [3.8, 4) is 22.3 Å². The summed E-state index contributed by atoms with van der Waals surface area (Å²) in [6, 6.07) is 48.5. The predicted octanol–water partition coefficient (Wildman–Crippen LogP) is 12.9. The largest absolute Gasteiger partial charge is 0.243 e. The van der Waals surface area contributed by atoms with Gasteiger partial charge in [0.05, 0.1) is 0 Å². The Bertz CT molecular complexity index is 2830. The summed E-state index contributed by atoms with van der Waals surface area (Å²) >= 11 is 0. The first-order chi connectivity index (χ1) is 29.8. The van der Waals surface area contributed by atoms with Gasteiger partial charge in [-0.15, -0.1) is 0 Å². The molecule has 62 heavy (non-hydrogen) atoms. The van der Waals surface area contributed by atoms with Crippen LogP contribution in [0, 0.1) is 0 Å². The third kappa shape index (κ3) is 6.10. The SMILES string of the molecule is CC(C)c1cc(C(C)C)c(B2c3ccc4ccccc4c3-c3ccc4c5c(ccc2c35)-c2c(ccc3ccccc23)B4c2c(C(C)C)cc(C(C)C)cc2C(C)C)c(C(C)C)c1. The molecule has 10 rings (SSSR count). The average Bonchev–Trinajstić information content (AvgIpc) is 3.26. The quantitative estimate of drug-likeness (QED) is 0.134. The molecule has 2 aliphatic rings. The zero-order valence-corrected chi connectivity index (χ0v) is 39.2.